The smallest absolute Gasteiger partial charge is 0.325 e. The van der Waals surface area contributed by atoms with Crippen molar-refractivity contribution in [3.05, 3.63) is 0 Å². The molecule has 0 bridgehead atoms. The summed E-state index contributed by atoms with van der Waals surface area (Å²) in [7, 11) is -3.77. The summed E-state index contributed by atoms with van der Waals surface area (Å²) >= 11 is 0. The third-order valence-corrected chi connectivity index (χ3v) is 9.26. The second-order valence-electron chi connectivity index (χ2n) is 12.4. The predicted molar refractivity (Wildman–Crippen MR) is 172 cm³/mol. The average molecular weight is 575 g/mol. The van der Waals surface area contributed by atoms with E-state index in [0.717, 1.165) is 19.3 Å². The Bertz CT molecular complexity index is 494. The normalized spacial score (nSPS) is 12.0. The summed E-state index contributed by atoms with van der Waals surface area (Å²) in [5, 5.41) is 8.78. The van der Waals surface area contributed by atoms with E-state index in [-0.39, 0.29) is 6.16 Å². The minimum absolute atomic E-state index is 0.0588. The van der Waals surface area contributed by atoms with Crippen LogP contribution < -0.4 is 0 Å². The quantitative estimate of drug-likeness (QED) is 0.0527. The van der Waals surface area contributed by atoms with Gasteiger partial charge in [0, 0.05) is 12.8 Å². The molecule has 0 aliphatic rings. The van der Waals surface area contributed by atoms with Crippen LogP contribution in [0.2, 0.25) is 0 Å². The van der Waals surface area contributed by atoms with Crippen LogP contribution in [0.15, 0.2) is 0 Å². The third-order valence-electron chi connectivity index (χ3n) is 8.36. The lowest BCUT2D eigenvalue weighted by Gasteiger charge is -2.05. The number of aliphatic hydroxyl groups excluding tert-OH is 1. The first-order valence-electron chi connectivity index (χ1n) is 17.7. The summed E-state index contributed by atoms with van der Waals surface area (Å²) in [6.07, 6.45) is 43.0. The van der Waals surface area contributed by atoms with Crippen LogP contribution >= 0.6 is 7.60 Å². The van der Waals surface area contributed by atoms with Crippen LogP contribution in [0.5, 0.6) is 0 Å². The van der Waals surface area contributed by atoms with E-state index in [9.17, 15) is 4.57 Å². The van der Waals surface area contributed by atoms with Crippen LogP contribution in [0.1, 0.15) is 205 Å². The molecule has 236 valence electrons. The van der Waals surface area contributed by atoms with Crippen LogP contribution in [0.25, 0.3) is 0 Å². The Hall–Kier alpha value is 0.110. The molecule has 0 rings (SSSR count). The molecule has 4 nitrogen and oxygen atoms in total. The summed E-state index contributed by atoms with van der Waals surface area (Å²) in [6.45, 7) is 0.364. The van der Waals surface area contributed by atoms with Crippen molar-refractivity contribution in [1.82, 2.24) is 0 Å². The van der Waals surface area contributed by atoms with Crippen molar-refractivity contribution in [2.24, 2.45) is 0 Å². The summed E-state index contributed by atoms with van der Waals surface area (Å²) in [5.74, 6) is 0. The van der Waals surface area contributed by atoms with Gasteiger partial charge in [-0.1, -0.05) is 193 Å². The molecule has 0 aromatic rings. The minimum Gasteiger partial charge on any atom is -0.396 e. The van der Waals surface area contributed by atoms with Crippen molar-refractivity contribution >= 4 is 7.60 Å². The van der Waals surface area contributed by atoms with Gasteiger partial charge in [0.15, 0.2) is 0 Å². The number of hydrogen-bond donors (Lipinski definition) is 3. The van der Waals surface area contributed by atoms with E-state index in [4.69, 9.17) is 14.9 Å². The Labute approximate surface area is 245 Å². The molecule has 0 aliphatic heterocycles. The number of rotatable bonds is 34. The van der Waals surface area contributed by atoms with Gasteiger partial charge in [0.25, 0.3) is 0 Å². The summed E-state index contributed by atoms with van der Waals surface area (Å²) in [6, 6.07) is 0. The van der Waals surface area contributed by atoms with Gasteiger partial charge >= 0.3 is 7.60 Å². The zero-order valence-corrected chi connectivity index (χ0v) is 27.1. The van der Waals surface area contributed by atoms with Gasteiger partial charge < -0.3 is 14.9 Å². The van der Waals surface area contributed by atoms with Gasteiger partial charge in [0.2, 0.25) is 0 Å². The average Bonchev–Trinajstić information content (AvgIpc) is 2.90. The first-order chi connectivity index (χ1) is 19.1. The van der Waals surface area contributed by atoms with E-state index >= 15 is 0 Å². The topological polar surface area (TPSA) is 77.8 Å². The van der Waals surface area contributed by atoms with E-state index in [0.29, 0.717) is 13.0 Å². The standard InChI is InChI=1S/C34H71O4P/c35-33-31-29-27-25-23-21-19-17-15-13-11-9-7-5-3-1-2-4-6-8-10-12-14-16-18-20-22-24-26-28-30-32-34-39(36,37)38/h35H,1-34H2,(H2,36,37,38). The number of aliphatic hydroxyl groups is 1. The lowest BCUT2D eigenvalue weighted by molar-refractivity contribution is 0.282. The Kier molecular flexibility index (Phi) is 32.7. The van der Waals surface area contributed by atoms with Crippen LogP contribution in [-0.2, 0) is 4.57 Å². The van der Waals surface area contributed by atoms with Crippen LogP contribution in [0.4, 0.5) is 0 Å². The fourth-order valence-electron chi connectivity index (χ4n) is 5.73. The Morgan fingerprint density at radius 2 is 0.436 bits per heavy atom. The van der Waals surface area contributed by atoms with Gasteiger partial charge in [-0.3, -0.25) is 4.57 Å². The fraction of sp³-hybridized carbons (Fsp3) is 1.00. The Morgan fingerprint density at radius 3 is 0.590 bits per heavy atom. The van der Waals surface area contributed by atoms with Gasteiger partial charge in [-0.25, -0.2) is 0 Å². The molecule has 3 N–H and O–H groups in total. The second-order valence-corrected chi connectivity index (χ2v) is 14.2. The number of unbranched alkanes of at least 4 members (excludes halogenated alkanes) is 31. The summed E-state index contributed by atoms with van der Waals surface area (Å²) in [5.41, 5.74) is 0. The van der Waals surface area contributed by atoms with Crippen molar-refractivity contribution in [2.45, 2.75) is 205 Å². The molecule has 0 saturated carbocycles. The molecule has 0 radical (unpaired) electrons. The highest BCUT2D eigenvalue weighted by Crippen LogP contribution is 2.35. The molecule has 39 heavy (non-hydrogen) atoms. The van der Waals surface area contributed by atoms with Gasteiger partial charge in [0.05, 0.1) is 0 Å². The maximum absolute atomic E-state index is 10.8. The van der Waals surface area contributed by atoms with Gasteiger partial charge in [-0.15, -0.1) is 0 Å². The van der Waals surface area contributed by atoms with E-state index < -0.39 is 7.60 Å². The van der Waals surface area contributed by atoms with Crippen molar-refractivity contribution in [1.29, 1.82) is 0 Å². The van der Waals surface area contributed by atoms with Crippen molar-refractivity contribution in [2.75, 3.05) is 12.8 Å². The van der Waals surface area contributed by atoms with Crippen LogP contribution in [0.3, 0.4) is 0 Å². The molecule has 5 heteroatoms. The molecular formula is C34H71O4P. The summed E-state index contributed by atoms with van der Waals surface area (Å²) < 4.78 is 10.8. The monoisotopic (exact) mass is 575 g/mol. The van der Waals surface area contributed by atoms with Gasteiger partial charge in [-0.05, 0) is 12.8 Å². The molecule has 0 spiro atoms. The van der Waals surface area contributed by atoms with E-state index in [1.807, 2.05) is 0 Å². The largest absolute Gasteiger partial charge is 0.396 e. The van der Waals surface area contributed by atoms with E-state index in [1.165, 1.54) is 180 Å². The number of hydrogen-bond acceptors (Lipinski definition) is 2. The molecule has 0 amide bonds. The van der Waals surface area contributed by atoms with Crippen molar-refractivity contribution in [3.63, 3.8) is 0 Å². The van der Waals surface area contributed by atoms with E-state index in [1.54, 1.807) is 0 Å². The van der Waals surface area contributed by atoms with Gasteiger partial charge in [-0.2, -0.15) is 0 Å². The molecule has 0 fully saturated rings. The maximum Gasteiger partial charge on any atom is 0.325 e. The zero-order valence-electron chi connectivity index (χ0n) is 26.2. The molecule has 0 heterocycles. The molecule has 0 aliphatic carbocycles. The van der Waals surface area contributed by atoms with Crippen LogP contribution in [-0.4, -0.2) is 27.7 Å². The Morgan fingerprint density at radius 1 is 0.282 bits per heavy atom. The highest BCUT2D eigenvalue weighted by molar-refractivity contribution is 7.51. The van der Waals surface area contributed by atoms with Crippen molar-refractivity contribution in [3.8, 4) is 0 Å². The fourth-order valence-corrected chi connectivity index (χ4v) is 6.37. The lowest BCUT2D eigenvalue weighted by atomic mass is 10.0. The van der Waals surface area contributed by atoms with Crippen molar-refractivity contribution < 1.29 is 19.5 Å². The molecule has 0 saturated heterocycles. The first kappa shape index (κ1) is 39.1. The molecule has 0 atom stereocenters. The van der Waals surface area contributed by atoms with Gasteiger partial charge in [0.1, 0.15) is 0 Å². The minimum atomic E-state index is -3.77. The maximum atomic E-state index is 10.8. The highest BCUT2D eigenvalue weighted by Gasteiger charge is 2.10. The second kappa shape index (κ2) is 32.6. The molecule has 0 unspecified atom stereocenters. The highest BCUT2D eigenvalue weighted by atomic mass is 31.2. The van der Waals surface area contributed by atoms with E-state index in [2.05, 4.69) is 0 Å². The SMILES string of the molecule is O=P(O)(O)CCCCCCCCCCCCCCCCCCCCCCCCCCCCCCCCCCO. The lowest BCUT2D eigenvalue weighted by Crippen LogP contribution is -1.88. The Balaban J connectivity index is 3.04. The summed E-state index contributed by atoms with van der Waals surface area (Å²) in [4.78, 5) is 17.7. The molecule has 0 aromatic carbocycles. The van der Waals surface area contributed by atoms with Crippen LogP contribution in [0, 0.1) is 0 Å². The predicted octanol–water partition coefficient (Wildman–Crippen LogP) is 11.6. The molecular weight excluding hydrogens is 503 g/mol. The molecule has 0 aromatic heterocycles. The zero-order chi connectivity index (χ0) is 28.5. The third kappa shape index (κ3) is 38.1. The first-order valence-corrected chi connectivity index (χ1v) is 19.5.